The van der Waals surface area contributed by atoms with Crippen LogP contribution in [0.1, 0.15) is 12.8 Å². The second-order valence-electron chi connectivity index (χ2n) is 7.58. The highest BCUT2D eigenvalue weighted by Crippen LogP contribution is 2.33. The Hall–Kier alpha value is -2.54. The summed E-state index contributed by atoms with van der Waals surface area (Å²) in [6.45, 7) is 2.25. The third-order valence-corrected chi connectivity index (χ3v) is 5.32. The van der Waals surface area contributed by atoms with Crippen LogP contribution in [0.15, 0.2) is 54.9 Å². The highest BCUT2D eigenvalue weighted by atomic mass is 19.1. The van der Waals surface area contributed by atoms with Crippen LogP contribution in [0.4, 0.5) is 4.39 Å². The van der Waals surface area contributed by atoms with Gasteiger partial charge in [-0.3, -0.25) is 4.98 Å². The maximum atomic E-state index is 13.7. The number of aromatic nitrogens is 1. The second kappa shape index (κ2) is 8.86. The zero-order valence-corrected chi connectivity index (χ0v) is 16.2. The maximum absolute atomic E-state index is 13.7. The molecular weight excluding hydrogens is 371 g/mol. The molecule has 2 heterocycles. The standard InChI is InChI=1S/C23H25FN2O3/c24-18-9-17(12-25-13-18)23-11-21(10-16-3-1-2-4-22(16)23)29-15-20(28)14-26-7-5-19(27)6-8-26/h1-4,9-13,19-20,27-28H,5-8,14-15H2. The van der Waals surface area contributed by atoms with Gasteiger partial charge in [-0.05, 0) is 47.4 Å². The van der Waals surface area contributed by atoms with E-state index in [4.69, 9.17) is 4.74 Å². The van der Waals surface area contributed by atoms with Crippen molar-refractivity contribution in [2.45, 2.75) is 25.0 Å². The number of halogens is 1. The molecule has 1 unspecified atom stereocenters. The highest BCUT2D eigenvalue weighted by Gasteiger charge is 2.19. The number of pyridine rings is 1. The zero-order chi connectivity index (χ0) is 20.2. The van der Waals surface area contributed by atoms with E-state index in [0.29, 0.717) is 17.9 Å². The predicted octanol–water partition coefficient (Wildman–Crippen LogP) is 3.24. The van der Waals surface area contributed by atoms with Crippen LogP contribution >= 0.6 is 0 Å². The van der Waals surface area contributed by atoms with Gasteiger partial charge in [0.15, 0.2) is 0 Å². The molecule has 1 aliphatic rings. The molecule has 0 amide bonds. The molecule has 0 radical (unpaired) electrons. The molecule has 1 aliphatic heterocycles. The van der Waals surface area contributed by atoms with Crippen LogP contribution in [-0.4, -0.2) is 58.5 Å². The highest BCUT2D eigenvalue weighted by molar-refractivity contribution is 5.97. The summed E-state index contributed by atoms with van der Waals surface area (Å²) in [6.07, 6.45) is 3.44. The molecule has 0 spiro atoms. The van der Waals surface area contributed by atoms with Gasteiger partial charge in [-0.25, -0.2) is 4.39 Å². The van der Waals surface area contributed by atoms with Crippen LogP contribution < -0.4 is 4.74 Å². The molecule has 29 heavy (non-hydrogen) atoms. The molecular formula is C23H25FN2O3. The van der Waals surface area contributed by atoms with Crippen LogP contribution in [0, 0.1) is 5.82 Å². The molecule has 6 heteroatoms. The summed E-state index contributed by atoms with van der Waals surface area (Å²) in [5, 5.41) is 21.9. The van der Waals surface area contributed by atoms with Gasteiger partial charge in [0.05, 0.1) is 12.3 Å². The number of fused-ring (bicyclic) bond motifs is 1. The number of hydrogen-bond acceptors (Lipinski definition) is 5. The van der Waals surface area contributed by atoms with E-state index in [2.05, 4.69) is 9.88 Å². The summed E-state index contributed by atoms with van der Waals surface area (Å²) >= 11 is 0. The minimum Gasteiger partial charge on any atom is -0.491 e. The average Bonchev–Trinajstić information content (AvgIpc) is 2.73. The van der Waals surface area contributed by atoms with Crippen LogP contribution in [0.3, 0.4) is 0 Å². The molecule has 0 saturated carbocycles. The molecule has 1 fully saturated rings. The maximum Gasteiger partial charge on any atom is 0.142 e. The minimum absolute atomic E-state index is 0.165. The Labute approximate surface area is 169 Å². The zero-order valence-electron chi connectivity index (χ0n) is 16.2. The second-order valence-corrected chi connectivity index (χ2v) is 7.58. The lowest BCUT2D eigenvalue weighted by atomic mass is 9.99. The molecule has 152 valence electrons. The van der Waals surface area contributed by atoms with Crippen molar-refractivity contribution in [3.63, 3.8) is 0 Å². The van der Waals surface area contributed by atoms with Crippen LogP contribution in [-0.2, 0) is 0 Å². The molecule has 1 aromatic heterocycles. The first-order valence-electron chi connectivity index (χ1n) is 9.93. The van der Waals surface area contributed by atoms with E-state index in [1.54, 1.807) is 6.20 Å². The van der Waals surface area contributed by atoms with Crippen molar-refractivity contribution in [2.24, 2.45) is 0 Å². The summed E-state index contributed by atoms with van der Waals surface area (Å²) < 4.78 is 19.6. The Morgan fingerprint density at radius 2 is 1.93 bits per heavy atom. The first-order chi connectivity index (χ1) is 14.1. The molecule has 1 saturated heterocycles. The van der Waals surface area contributed by atoms with Gasteiger partial charge >= 0.3 is 0 Å². The number of nitrogens with zero attached hydrogens (tertiary/aromatic N) is 2. The number of β-amino-alcohol motifs (C(OH)–C–C–N with tert-alkyl or cyclic N) is 1. The van der Waals surface area contributed by atoms with Crippen molar-refractivity contribution >= 4 is 10.8 Å². The van der Waals surface area contributed by atoms with Crippen LogP contribution in [0.5, 0.6) is 5.75 Å². The Kier molecular flexibility index (Phi) is 6.04. The molecule has 0 bridgehead atoms. The van der Waals surface area contributed by atoms with Crippen molar-refractivity contribution < 1.29 is 19.3 Å². The van der Waals surface area contributed by atoms with E-state index in [1.807, 2.05) is 36.4 Å². The van der Waals surface area contributed by atoms with E-state index in [0.717, 1.165) is 42.3 Å². The summed E-state index contributed by atoms with van der Waals surface area (Å²) in [6, 6.07) is 13.1. The number of hydrogen-bond donors (Lipinski definition) is 2. The van der Waals surface area contributed by atoms with E-state index >= 15 is 0 Å². The smallest absolute Gasteiger partial charge is 0.142 e. The molecule has 2 N–H and O–H groups in total. The van der Waals surface area contributed by atoms with Gasteiger partial charge in [0.1, 0.15) is 24.3 Å². The van der Waals surface area contributed by atoms with Gasteiger partial charge in [0, 0.05) is 31.4 Å². The quantitative estimate of drug-likeness (QED) is 0.670. The molecule has 1 atom stereocenters. The fourth-order valence-electron chi connectivity index (χ4n) is 3.81. The van der Waals surface area contributed by atoms with Crippen LogP contribution in [0.2, 0.25) is 0 Å². The molecule has 2 aromatic carbocycles. The average molecular weight is 396 g/mol. The van der Waals surface area contributed by atoms with Gasteiger partial charge in [0.2, 0.25) is 0 Å². The summed E-state index contributed by atoms with van der Waals surface area (Å²) in [5.41, 5.74) is 1.52. The van der Waals surface area contributed by atoms with Crippen molar-refractivity contribution in [2.75, 3.05) is 26.2 Å². The van der Waals surface area contributed by atoms with E-state index in [-0.39, 0.29) is 18.5 Å². The number of rotatable bonds is 6. The lowest BCUT2D eigenvalue weighted by Crippen LogP contribution is -2.41. The van der Waals surface area contributed by atoms with E-state index in [9.17, 15) is 14.6 Å². The number of aliphatic hydroxyl groups excluding tert-OH is 2. The Bertz CT molecular complexity index is 973. The first-order valence-corrected chi connectivity index (χ1v) is 9.93. The lowest BCUT2D eigenvalue weighted by molar-refractivity contribution is 0.0338. The van der Waals surface area contributed by atoms with Gasteiger partial charge < -0.3 is 19.8 Å². The third kappa shape index (κ3) is 4.90. The van der Waals surface area contributed by atoms with E-state index in [1.165, 1.54) is 12.3 Å². The number of benzene rings is 2. The predicted molar refractivity (Wildman–Crippen MR) is 110 cm³/mol. The molecule has 5 nitrogen and oxygen atoms in total. The minimum atomic E-state index is -0.629. The lowest BCUT2D eigenvalue weighted by Gasteiger charge is -2.30. The summed E-state index contributed by atoms with van der Waals surface area (Å²) in [5.74, 6) is 0.232. The van der Waals surface area contributed by atoms with Crippen molar-refractivity contribution in [1.82, 2.24) is 9.88 Å². The summed E-state index contributed by atoms with van der Waals surface area (Å²) in [4.78, 5) is 6.11. The normalized spacial score (nSPS) is 16.8. The molecule has 0 aliphatic carbocycles. The number of ether oxygens (including phenoxy) is 1. The summed E-state index contributed by atoms with van der Waals surface area (Å²) in [7, 11) is 0. The fraction of sp³-hybridized carbons (Fsp3) is 0.348. The largest absolute Gasteiger partial charge is 0.491 e. The third-order valence-electron chi connectivity index (χ3n) is 5.32. The Morgan fingerprint density at radius 3 is 2.72 bits per heavy atom. The SMILES string of the molecule is OC1CCN(CC(O)COc2cc(-c3cncc(F)c3)c3ccccc3c2)CC1. The molecule has 3 aromatic rings. The van der Waals surface area contributed by atoms with Crippen molar-refractivity contribution in [3.8, 4) is 16.9 Å². The Morgan fingerprint density at radius 1 is 1.14 bits per heavy atom. The van der Waals surface area contributed by atoms with Gasteiger partial charge in [0.25, 0.3) is 0 Å². The van der Waals surface area contributed by atoms with Crippen molar-refractivity contribution in [1.29, 1.82) is 0 Å². The number of likely N-dealkylation sites (tertiary alicyclic amines) is 1. The van der Waals surface area contributed by atoms with Gasteiger partial charge in [-0.2, -0.15) is 0 Å². The van der Waals surface area contributed by atoms with Crippen LogP contribution in [0.25, 0.3) is 21.9 Å². The molecule has 4 rings (SSSR count). The number of piperidine rings is 1. The van der Waals surface area contributed by atoms with Gasteiger partial charge in [-0.1, -0.05) is 24.3 Å². The van der Waals surface area contributed by atoms with E-state index < -0.39 is 6.10 Å². The van der Waals surface area contributed by atoms with Crippen molar-refractivity contribution in [3.05, 3.63) is 60.7 Å². The fourth-order valence-corrected chi connectivity index (χ4v) is 3.81. The first kappa shape index (κ1) is 19.8. The number of aliphatic hydroxyl groups is 2. The van der Waals surface area contributed by atoms with Gasteiger partial charge in [-0.15, -0.1) is 0 Å². The topological polar surface area (TPSA) is 65.8 Å². The Balaban J connectivity index is 1.50. The monoisotopic (exact) mass is 396 g/mol.